The van der Waals surface area contributed by atoms with Crippen molar-refractivity contribution >= 4 is 22.6 Å². The van der Waals surface area contributed by atoms with Crippen molar-refractivity contribution in [1.29, 1.82) is 0 Å². The summed E-state index contributed by atoms with van der Waals surface area (Å²) in [7, 11) is 0. The van der Waals surface area contributed by atoms with Crippen molar-refractivity contribution in [2.24, 2.45) is 0 Å². The van der Waals surface area contributed by atoms with E-state index in [0.717, 1.165) is 5.82 Å². The third-order valence-electron chi connectivity index (χ3n) is 3.62. The Morgan fingerprint density at radius 1 is 1.20 bits per heavy atom. The number of anilines is 1. The molecule has 0 bridgehead atoms. The Kier molecular flexibility index (Phi) is 3.22. The quantitative estimate of drug-likeness (QED) is 0.789. The van der Waals surface area contributed by atoms with Gasteiger partial charge in [0, 0.05) is 38.5 Å². The Balaban J connectivity index is 1.92. The Hall–Kier alpha value is -2.24. The fourth-order valence-corrected chi connectivity index (χ4v) is 2.52. The van der Waals surface area contributed by atoms with Gasteiger partial charge in [0.2, 0.25) is 5.91 Å². The van der Waals surface area contributed by atoms with Crippen LogP contribution in [0.1, 0.15) is 6.92 Å². The van der Waals surface area contributed by atoms with Crippen molar-refractivity contribution in [1.82, 2.24) is 14.9 Å². The largest absolute Gasteiger partial charge is 0.352 e. The van der Waals surface area contributed by atoms with Crippen LogP contribution in [0.5, 0.6) is 0 Å². The van der Waals surface area contributed by atoms with Gasteiger partial charge in [0.1, 0.15) is 23.5 Å². The molecular formula is C14H15FN4O. The molecular weight excluding hydrogens is 259 g/mol. The van der Waals surface area contributed by atoms with Gasteiger partial charge >= 0.3 is 0 Å². The molecule has 0 unspecified atom stereocenters. The summed E-state index contributed by atoms with van der Waals surface area (Å²) >= 11 is 0. The summed E-state index contributed by atoms with van der Waals surface area (Å²) in [5.41, 5.74) is 0.339. The maximum Gasteiger partial charge on any atom is 0.219 e. The molecule has 1 saturated heterocycles. The van der Waals surface area contributed by atoms with Crippen LogP contribution in [0.4, 0.5) is 10.2 Å². The standard InChI is InChI=1S/C14H15FN4O/c1-10(20)18-5-7-19(8-6-18)14-11-3-2-4-12(15)13(11)16-9-17-14/h2-4,9H,5-8H2,1H3. The predicted octanol–water partition coefficient (Wildman–Crippen LogP) is 1.44. The van der Waals surface area contributed by atoms with Crippen molar-refractivity contribution in [3.8, 4) is 0 Å². The summed E-state index contributed by atoms with van der Waals surface area (Å²) < 4.78 is 13.7. The van der Waals surface area contributed by atoms with E-state index in [1.807, 2.05) is 6.07 Å². The van der Waals surface area contributed by atoms with E-state index in [1.165, 1.54) is 12.4 Å². The number of aromatic nitrogens is 2. The maximum atomic E-state index is 13.7. The zero-order valence-corrected chi connectivity index (χ0v) is 11.2. The monoisotopic (exact) mass is 274 g/mol. The van der Waals surface area contributed by atoms with Crippen molar-refractivity contribution in [2.45, 2.75) is 6.92 Å². The number of carbonyl (C=O) groups is 1. The minimum Gasteiger partial charge on any atom is -0.352 e. The highest BCUT2D eigenvalue weighted by molar-refractivity contribution is 5.89. The number of carbonyl (C=O) groups excluding carboxylic acids is 1. The first-order valence-electron chi connectivity index (χ1n) is 6.56. The number of hydrogen-bond acceptors (Lipinski definition) is 4. The first-order valence-corrected chi connectivity index (χ1v) is 6.56. The van der Waals surface area contributed by atoms with Crippen molar-refractivity contribution in [3.63, 3.8) is 0 Å². The topological polar surface area (TPSA) is 49.3 Å². The molecule has 104 valence electrons. The number of halogens is 1. The van der Waals surface area contributed by atoms with E-state index in [9.17, 15) is 9.18 Å². The first-order chi connectivity index (χ1) is 9.66. The molecule has 0 N–H and O–H groups in total. The van der Waals surface area contributed by atoms with Crippen LogP contribution in [0.2, 0.25) is 0 Å². The average Bonchev–Trinajstić information content (AvgIpc) is 2.47. The molecule has 0 radical (unpaired) electrons. The minimum atomic E-state index is -0.339. The number of hydrogen-bond donors (Lipinski definition) is 0. The van der Waals surface area contributed by atoms with E-state index < -0.39 is 0 Å². The van der Waals surface area contributed by atoms with Gasteiger partial charge in [0.15, 0.2) is 0 Å². The molecule has 0 atom stereocenters. The van der Waals surface area contributed by atoms with Crippen LogP contribution in [-0.4, -0.2) is 47.0 Å². The van der Waals surface area contributed by atoms with Crippen molar-refractivity contribution < 1.29 is 9.18 Å². The van der Waals surface area contributed by atoms with Gasteiger partial charge in [-0.15, -0.1) is 0 Å². The summed E-state index contributed by atoms with van der Waals surface area (Å²) in [4.78, 5) is 23.5. The van der Waals surface area contributed by atoms with Gasteiger partial charge in [0.05, 0.1) is 0 Å². The normalized spacial score (nSPS) is 15.7. The molecule has 5 nitrogen and oxygen atoms in total. The Bertz CT molecular complexity index is 653. The highest BCUT2D eigenvalue weighted by Crippen LogP contribution is 2.25. The summed E-state index contributed by atoms with van der Waals surface area (Å²) in [5, 5.41) is 0.712. The Labute approximate surface area is 116 Å². The van der Waals surface area contributed by atoms with Crippen LogP contribution in [0.15, 0.2) is 24.5 Å². The van der Waals surface area contributed by atoms with E-state index in [1.54, 1.807) is 17.9 Å². The van der Waals surface area contributed by atoms with Crippen molar-refractivity contribution in [2.75, 3.05) is 31.1 Å². The molecule has 1 fully saturated rings. The molecule has 6 heteroatoms. The lowest BCUT2D eigenvalue weighted by molar-refractivity contribution is -0.129. The second kappa shape index (κ2) is 5.03. The molecule has 1 amide bonds. The predicted molar refractivity (Wildman–Crippen MR) is 74.0 cm³/mol. The molecule has 1 aromatic carbocycles. The van der Waals surface area contributed by atoms with E-state index in [4.69, 9.17) is 0 Å². The van der Waals surface area contributed by atoms with Gasteiger partial charge in [-0.1, -0.05) is 6.07 Å². The number of nitrogens with zero attached hydrogens (tertiary/aromatic N) is 4. The van der Waals surface area contributed by atoms with Gasteiger partial charge < -0.3 is 9.80 Å². The van der Waals surface area contributed by atoms with Crippen molar-refractivity contribution in [3.05, 3.63) is 30.3 Å². The number of benzene rings is 1. The number of piperazine rings is 1. The summed E-state index contributed by atoms with van der Waals surface area (Å²) in [6.07, 6.45) is 1.39. The van der Waals surface area contributed by atoms with Crippen LogP contribution >= 0.6 is 0 Å². The second-order valence-electron chi connectivity index (χ2n) is 4.83. The number of para-hydroxylation sites is 1. The second-order valence-corrected chi connectivity index (χ2v) is 4.83. The lowest BCUT2D eigenvalue weighted by Crippen LogP contribution is -2.48. The molecule has 1 aliphatic heterocycles. The number of fused-ring (bicyclic) bond motifs is 1. The first kappa shape index (κ1) is 12.8. The van der Waals surface area contributed by atoms with Crippen LogP contribution < -0.4 is 4.90 Å². The molecule has 0 saturated carbocycles. The van der Waals surface area contributed by atoms with Crippen LogP contribution in [0.3, 0.4) is 0 Å². The lowest BCUT2D eigenvalue weighted by atomic mass is 10.2. The van der Waals surface area contributed by atoms with Crippen LogP contribution in [-0.2, 0) is 4.79 Å². The maximum absolute atomic E-state index is 13.7. The van der Waals surface area contributed by atoms with Gasteiger partial charge in [0.25, 0.3) is 0 Å². The van der Waals surface area contributed by atoms with Crippen LogP contribution in [0, 0.1) is 5.82 Å². The molecule has 2 aromatic rings. The summed E-state index contributed by atoms with van der Waals surface area (Å²) in [6.45, 7) is 4.29. The van der Waals surface area contributed by atoms with E-state index in [2.05, 4.69) is 14.9 Å². The van der Waals surface area contributed by atoms with Gasteiger partial charge in [-0.2, -0.15) is 0 Å². The molecule has 1 aromatic heterocycles. The van der Waals surface area contributed by atoms with E-state index in [0.29, 0.717) is 37.1 Å². The van der Waals surface area contributed by atoms with E-state index >= 15 is 0 Å². The fourth-order valence-electron chi connectivity index (χ4n) is 2.52. The Morgan fingerprint density at radius 2 is 1.95 bits per heavy atom. The zero-order valence-electron chi connectivity index (χ0n) is 11.2. The third-order valence-corrected chi connectivity index (χ3v) is 3.62. The third kappa shape index (κ3) is 2.17. The molecule has 2 heterocycles. The molecule has 0 aliphatic carbocycles. The molecule has 20 heavy (non-hydrogen) atoms. The molecule has 3 rings (SSSR count). The van der Waals surface area contributed by atoms with Crippen LogP contribution in [0.25, 0.3) is 10.9 Å². The highest BCUT2D eigenvalue weighted by Gasteiger charge is 2.21. The summed E-state index contributed by atoms with van der Waals surface area (Å²) in [5.74, 6) is 0.481. The highest BCUT2D eigenvalue weighted by atomic mass is 19.1. The van der Waals surface area contributed by atoms with Gasteiger partial charge in [-0.3, -0.25) is 4.79 Å². The van der Waals surface area contributed by atoms with Gasteiger partial charge in [-0.05, 0) is 12.1 Å². The SMILES string of the molecule is CC(=O)N1CCN(c2ncnc3c(F)cccc23)CC1. The number of rotatable bonds is 1. The Morgan fingerprint density at radius 3 is 2.65 bits per heavy atom. The molecule has 1 aliphatic rings. The lowest BCUT2D eigenvalue weighted by Gasteiger charge is -2.35. The number of amides is 1. The summed E-state index contributed by atoms with van der Waals surface area (Å²) in [6, 6.07) is 4.88. The molecule has 0 spiro atoms. The van der Waals surface area contributed by atoms with E-state index in [-0.39, 0.29) is 11.7 Å². The zero-order chi connectivity index (χ0) is 14.1. The van der Waals surface area contributed by atoms with Gasteiger partial charge in [-0.25, -0.2) is 14.4 Å². The average molecular weight is 274 g/mol. The fraction of sp³-hybridized carbons (Fsp3) is 0.357. The minimum absolute atomic E-state index is 0.0863. The smallest absolute Gasteiger partial charge is 0.219 e.